The van der Waals surface area contributed by atoms with E-state index in [9.17, 15) is 9.59 Å². The van der Waals surface area contributed by atoms with E-state index < -0.39 is 0 Å². The van der Waals surface area contributed by atoms with E-state index in [4.69, 9.17) is 5.73 Å². The number of amides is 2. The molecule has 0 spiro atoms. The molecule has 1 aliphatic heterocycles. The molecule has 3 fully saturated rings. The van der Waals surface area contributed by atoms with Gasteiger partial charge >= 0.3 is 0 Å². The maximum Gasteiger partial charge on any atom is 0.243 e. The molecule has 0 radical (unpaired) electrons. The molecule has 1 heterocycles. The Morgan fingerprint density at radius 2 is 1.83 bits per heavy atom. The normalized spacial score (nSPS) is 41.9. The summed E-state index contributed by atoms with van der Waals surface area (Å²) in [6.45, 7) is 4.70. The zero-order chi connectivity index (χ0) is 21.1. The summed E-state index contributed by atoms with van der Waals surface area (Å²) in [4.78, 5) is 25.1. The summed E-state index contributed by atoms with van der Waals surface area (Å²) in [5.74, 6) is 2.09. The van der Waals surface area contributed by atoms with Crippen LogP contribution in [0.4, 0.5) is 11.4 Å². The molecule has 4 N–H and O–H groups in total. The monoisotopic (exact) mass is 407 g/mol. The highest BCUT2D eigenvalue weighted by molar-refractivity contribution is 5.93. The number of carbonyl (C=O) groups is 2. The number of hydrogen-bond donors (Lipinski definition) is 3. The summed E-state index contributed by atoms with van der Waals surface area (Å²) in [6.07, 6.45) is 10.5. The van der Waals surface area contributed by atoms with Crippen molar-refractivity contribution in [3.05, 3.63) is 36.4 Å². The fourth-order valence-electron chi connectivity index (χ4n) is 7.56. The van der Waals surface area contributed by atoms with E-state index in [0.717, 1.165) is 44.2 Å². The maximum absolute atomic E-state index is 13.2. The van der Waals surface area contributed by atoms with E-state index in [1.165, 1.54) is 0 Å². The number of rotatable bonds is 2. The van der Waals surface area contributed by atoms with Gasteiger partial charge in [-0.1, -0.05) is 19.9 Å². The second-order valence-corrected chi connectivity index (χ2v) is 10.5. The van der Waals surface area contributed by atoms with Crippen molar-refractivity contribution in [3.8, 4) is 0 Å². The second kappa shape index (κ2) is 6.86. The van der Waals surface area contributed by atoms with E-state index in [2.05, 4.69) is 30.6 Å². The Bertz CT molecular complexity index is 894. The largest absolute Gasteiger partial charge is 0.399 e. The minimum atomic E-state index is 0.0441. The van der Waals surface area contributed by atoms with E-state index >= 15 is 0 Å². The lowest BCUT2D eigenvalue weighted by atomic mass is 9.48. The number of fused-ring (bicyclic) bond motifs is 5. The van der Waals surface area contributed by atoms with Gasteiger partial charge in [0.25, 0.3) is 0 Å². The van der Waals surface area contributed by atoms with Crippen LogP contribution in [0.15, 0.2) is 36.4 Å². The SMILES string of the molecule is C[C@]12C=CC(=O)NC1CCC1C2CC[C@@]2(C)C1CC[C@@H]2C(=O)Nc1ccc(N)cc1. The van der Waals surface area contributed by atoms with Gasteiger partial charge < -0.3 is 16.4 Å². The van der Waals surface area contributed by atoms with Crippen LogP contribution >= 0.6 is 0 Å². The van der Waals surface area contributed by atoms with Gasteiger partial charge in [0.1, 0.15) is 0 Å². The van der Waals surface area contributed by atoms with Gasteiger partial charge in [0.15, 0.2) is 0 Å². The predicted molar refractivity (Wildman–Crippen MR) is 118 cm³/mol. The highest BCUT2D eigenvalue weighted by Gasteiger charge is 2.60. The summed E-state index contributed by atoms with van der Waals surface area (Å²) >= 11 is 0. The number of anilines is 2. The predicted octanol–water partition coefficient (Wildman–Crippen LogP) is 4.12. The molecule has 4 aliphatic rings. The van der Waals surface area contributed by atoms with Crippen LogP contribution in [0, 0.1) is 34.5 Å². The summed E-state index contributed by atoms with van der Waals surface area (Å²) in [7, 11) is 0. The number of nitrogens with two attached hydrogens (primary N) is 1. The van der Waals surface area contributed by atoms with Gasteiger partial charge in [0, 0.05) is 28.7 Å². The van der Waals surface area contributed by atoms with Gasteiger partial charge in [-0.25, -0.2) is 0 Å². The topological polar surface area (TPSA) is 84.2 Å². The third-order valence-corrected chi connectivity index (χ3v) is 9.18. The van der Waals surface area contributed by atoms with Crippen LogP contribution < -0.4 is 16.4 Å². The smallest absolute Gasteiger partial charge is 0.243 e. The van der Waals surface area contributed by atoms with E-state index in [1.807, 2.05) is 24.3 Å². The van der Waals surface area contributed by atoms with Gasteiger partial charge in [0.05, 0.1) is 0 Å². The standard InChI is InChI=1S/C25H33N3O2/c1-24-13-11-19-17(7-10-21-25(19,2)14-12-22(29)28-21)18(24)8-9-20(24)23(30)27-16-5-3-15(26)4-6-16/h3-6,12,14,17-21H,7-11,13,26H2,1-2H3,(H,27,30)(H,28,29)/t17?,18?,19?,20-,21?,24+,25-/m1/s1. The Balaban J connectivity index is 1.36. The minimum absolute atomic E-state index is 0.0441. The molecule has 2 amide bonds. The highest BCUT2D eigenvalue weighted by Crippen LogP contribution is 2.65. The first kappa shape index (κ1) is 19.7. The second-order valence-electron chi connectivity index (χ2n) is 10.5. The lowest BCUT2D eigenvalue weighted by Gasteiger charge is -2.58. The quantitative estimate of drug-likeness (QED) is 0.645. The summed E-state index contributed by atoms with van der Waals surface area (Å²) < 4.78 is 0. The molecule has 3 aliphatic carbocycles. The van der Waals surface area contributed by atoms with Gasteiger partial charge in [-0.2, -0.15) is 0 Å². The van der Waals surface area contributed by atoms with Crippen molar-refractivity contribution in [2.24, 2.45) is 34.5 Å². The number of benzene rings is 1. The van der Waals surface area contributed by atoms with Crippen molar-refractivity contribution >= 4 is 23.2 Å². The molecule has 30 heavy (non-hydrogen) atoms. The lowest BCUT2D eigenvalue weighted by Crippen LogP contribution is -2.59. The first-order chi connectivity index (χ1) is 14.3. The number of hydrogen-bond acceptors (Lipinski definition) is 3. The average Bonchev–Trinajstić information content (AvgIpc) is 3.07. The molecule has 0 bridgehead atoms. The molecular weight excluding hydrogens is 374 g/mol. The molecule has 1 aromatic carbocycles. The average molecular weight is 408 g/mol. The Morgan fingerprint density at radius 3 is 2.60 bits per heavy atom. The molecule has 3 saturated carbocycles. The first-order valence-corrected chi connectivity index (χ1v) is 11.5. The van der Waals surface area contributed by atoms with Crippen molar-refractivity contribution in [3.63, 3.8) is 0 Å². The van der Waals surface area contributed by atoms with Gasteiger partial charge in [-0.3, -0.25) is 9.59 Å². The van der Waals surface area contributed by atoms with Crippen molar-refractivity contribution in [1.82, 2.24) is 5.32 Å². The van der Waals surface area contributed by atoms with Crippen LogP contribution in [0.1, 0.15) is 52.4 Å². The molecule has 5 nitrogen and oxygen atoms in total. The Morgan fingerprint density at radius 1 is 1.07 bits per heavy atom. The van der Waals surface area contributed by atoms with Crippen LogP contribution in [0.25, 0.3) is 0 Å². The number of nitrogens with one attached hydrogen (secondary N) is 2. The maximum atomic E-state index is 13.2. The third kappa shape index (κ3) is 2.89. The summed E-state index contributed by atoms with van der Waals surface area (Å²) in [5.41, 5.74) is 7.41. The molecule has 5 heteroatoms. The lowest BCUT2D eigenvalue weighted by molar-refractivity contribution is -0.129. The van der Waals surface area contributed by atoms with Crippen LogP contribution in [-0.4, -0.2) is 17.9 Å². The third-order valence-electron chi connectivity index (χ3n) is 9.18. The van der Waals surface area contributed by atoms with E-state index in [1.54, 1.807) is 6.08 Å². The van der Waals surface area contributed by atoms with Crippen molar-refractivity contribution < 1.29 is 9.59 Å². The molecule has 0 aromatic heterocycles. The van der Waals surface area contributed by atoms with Crippen molar-refractivity contribution in [1.29, 1.82) is 0 Å². The fourth-order valence-corrected chi connectivity index (χ4v) is 7.56. The summed E-state index contributed by atoms with van der Waals surface area (Å²) in [6, 6.07) is 7.67. The molecule has 0 saturated heterocycles. The van der Waals surface area contributed by atoms with E-state index in [0.29, 0.717) is 23.4 Å². The first-order valence-electron chi connectivity index (χ1n) is 11.5. The molecule has 1 aromatic rings. The van der Waals surface area contributed by atoms with Crippen molar-refractivity contribution in [2.45, 2.75) is 58.4 Å². The van der Waals surface area contributed by atoms with Crippen LogP contribution in [0.5, 0.6) is 0 Å². The zero-order valence-electron chi connectivity index (χ0n) is 18.0. The highest BCUT2D eigenvalue weighted by atomic mass is 16.2. The molecule has 5 rings (SSSR count). The van der Waals surface area contributed by atoms with Crippen LogP contribution in [-0.2, 0) is 9.59 Å². The van der Waals surface area contributed by atoms with Crippen LogP contribution in [0.2, 0.25) is 0 Å². The van der Waals surface area contributed by atoms with Gasteiger partial charge in [0.2, 0.25) is 11.8 Å². The Hall–Kier alpha value is -2.30. The van der Waals surface area contributed by atoms with Crippen LogP contribution in [0.3, 0.4) is 0 Å². The minimum Gasteiger partial charge on any atom is -0.399 e. The van der Waals surface area contributed by atoms with E-state index in [-0.39, 0.29) is 34.6 Å². The van der Waals surface area contributed by atoms with Gasteiger partial charge in [-0.15, -0.1) is 0 Å². The zero-order valence-corrected chi connectivity index (χ0v) is 18.0. The fraction of sp³-hybridized carbons (Fsp3) is 0.600. The molecule has 4 unspecified atom stereocenters. The number of carbonyl (C=O) groups excluding carboxylic acids is 2. The van der Waals surface area contributed by atoms with Crippen molar-refractivity contribution in [2.75, 3.05) is 11.1 Å². The summed E-state index contributed by atoms with van der Waals surface area (Å²) in [5, 5.41) is 6.37. The molecule has 7 atom stereocenters. The molecule has 160 valence electrons. The Kier molecular flexibility index (Phi) is 4.49. The molecular formula is C25H33N3O2. The van der Waals surface area contributed by atoms with Gasteiger partial charge in [-0.05, 0) is 92.0 Å². The Labute approximate surface area is 178 Å². The number of nitrogen functional groups attached to an aromatic ring is 1.